The van der Waals surface area contributed by atoms with Crippen LogP contribution in [0.15, 0.2) is 36.4 Å². The van der Waals surface area contributed by atoms with Crippen molar-refractivity contribution in [1.82, 2.24) is 20.5 Å². The molecule has 47 heavy (non-hydrogen) atoms. The van der Waals surface area contributed by atoms with Gasteiger partial charge in [0.2, 0.25) is 15.6 Å². The number of ether oxygens (including phenoxy) is 3. The maximum absolute atomic E-state index is 13.2. The molecule has 3 rings (SSSR count). The van der Waals surface area contributed by atoms with Crippen LogP contribution >= 0.6 is 34.8 Å². The Labute approximate surface area is 290 Å². The van der Waals surface area contributed by atoms with Crippen LogP contribution in [0.3, 0.4) is 0 Å². The van der Waals surface area contributed by atoms with Crippen LogP contribution in [0, 0.1) is 11.8 Å². The van der Waals surface area contributed by atoms with Crippen LogP contribution in [0.25, 0.3) is 17.0 Å². The normalized spacial score (nSPS) is 18.1. The first-order chi connectivity index (χ1) is 22.0. The van der Waals surface area contributed by atoms with Gasteiger partial charge < -0.3 is 29.7 Å². The lowest BCUT2D eigenvalue weighted by molar-refractivity contribution is -0.150. The van der Waals surface area contributed by atoms with E-state index >= 15 is 0 Å². The van der Waals surface area contributed by atoms with Gasteiger partial charge in [-0.3, -0.25) is 19.2 Å². The Hall–Kier alpha value is -2.96. The minimum absolute atomic E-state index is 0.0267. The van der Waals surface area contributed by atoms with Gasteiger partial charge in [0.05, 0.1) is 17.8 Å². The van der Waals surface area contributed by atoms with Gasteiger partial charge in [0.25, 0.3) is 0 Å². The Balaban J connectivity index is 1.54. The summed E-state index contributed by atoms with van der Waals surface area (Å²) in [5.41, 5.74) is 2.39. The summed E-state index contributed by atoms with van der Waals surface area (Å²) in [5.74, 6) is -1.92. The van der Waals surface area contributed by atoms with Crippen LogP contribution in [0.5, 0.6) is 0 Å². The molecule has 2 heterocycles. The maximum atomic E-state index is 13.2. The van der Waals surface area contributed by atoms with E-state index in [4.69, 9.17) is 49.0 Å². The van der Waals surface area contributed by atoms with Crippen molar-refractivity contribution in [3.05, 3.63) is 47.7 Å². The molecule has 1 aromatic heterocycles. The minimum Gasteiger partial charge on any atom is -0.460 e. The van der Waals surface area contributed by atoms with Crippen LogP contribution < -0.4 is 10.6 Å². The highest BCUT2D eigenvalue weighted by Crippen LogP contribution is 2.26. The average Bonchev–Trinajstić information content (AvgIpc) is 3.01. The van der Waals surface area contributed by atoms with E-state index in [1.807, 2.05) is 63.3 Å². The zero-order valence-corrected chi connectivity index (χ0v) is 29.7. The summed E-state index contributed by atoms with van der Waals surface area (Å²) >= 11 is 17.0. The Morgan fingerprint density at radius 1 is 1.11 bits per heavy atom. The van der Waals surface area contributed by atoms with Gasteiger partial charge in [-0.15, -0.1) is 0 Å². The molecule has 1 unspecified atom stereocenters. The van der Waals surface area contributed by atoms with Crippen molar-refractivity contribution in [2.45, 2.75) is 69.6 Å². The third kappa shape index (κ3) is 12.2. The van der Waals surface area contributed by atoms with Crippen molar-refractivity contribution in [2.24, 2.45) is 11.8 Å². The zero-order chi connectivity index (χ0) is 34.9. The molecule has 258 valence electrons. The first-order valence-electron chi connectivity index (χ1n) is 15.5. The van der Waals surface area contributed by atoms with E-state index < -0.39 is 46.6 Å². The molecule has 0 bridgehead atoms. The van der Waals surface area contributed by atoms with Crippen molar-refractivity contribution in [3.63, 3.8) is 0 Å². The van der Waals surface area contributed by atoms with E-state index in [-0.39, 0.29) is 36.9 Å². The number of hydrogen-bond donors (Lipinski definition) is 2. The number of alkyl halides is 3. The SMILES string of the molecule is CC(=O)O[C@H](C)c1ccc2ccc(/C=C/C(C)CO[C@H](C(=O)N[C@@H](C)C(=O)N3CCN[C@H](C(=O)OCC(Cl)(Cl)Cl)C3)C(C)C)cc2n1. The van der Waals surface area contributed by atoms with Gasteiger partial charge in [0, 0.05) is 31.9 Å². The molecule has 1 aliphatic heterocycles. The molecular weight excluding hydrogens is 671 g/mol. The molecule has 2 amide bonds. The molecule has 2 N–H and O–H groups in total. The second-order valence-electron chi connectivity index (χ2n) is 12.0. The number of benzene rings is 1. The Bertz CT molecular complexity index is 1450. The number of carbonyl (C=O) groups excluding carboxylic acids is 4. The van der Waals surface area contributed by atoms with Crippen LogP contribution in [0.2, 0.25) is 0 Å². The number of piperazine rings is 1. The largest absolute Gasteiger partial charge is 0.460 e. The number of esters is 2. The summed E-state index contributed by atoms with van der Waals surface area (Å²) in [6.07, 6.45) is 2.73. The number of hydrogen-bond acceptors (Lipinski definition) is 9. The quantitative estimate of drug-likeness (QED) is 0.222. The third-order valence-electron chi connectivity index (χ3n) is 7.40. The fourth-order valence-corrected chi connectivity index (χ4v) is 5.10. The molecule has 2 aromatic rings. The number of pyridine rings is 1. The number of nitrogens with one attached hydrogen (secondary N) is 2. The van der Waals surface area contributed by atoms with E-state index in [1.54, 1.807) is 13.8 Å². The molecular formula is C33H43Cl3N4O7. The number of amides is 2. The molecule has 1 saturated heterocycles. The first kappa shape index (κ1) is 38.5. The average molecular weight is 714 g/mol. The number of fused-ring (bicyclic) bond motifs is 1. The molecule has 1 aliphatic rings. The van der Waals surface area contributed by atoms with Crippen molar-refractivity contribution >= 4 is 75.5 Å². The molecule has 5 atom stereocenters. The Morgan fingerprint density at radius 3 is 2.47 bits per heavy atom. The van der Waals surface area contributed by atoms with E-state index in [0.29, 0.717) is 18.8 Å². The van der Waals surface area contributed by atoms with E-state index in [2.05, 4.69) is 15.6 Å². The van der Waals surface area contributed by atoms with E-state index in [1.165, 1.54) is 11.8 Å². The number of carbonyl (C=O) groups is 4. The van der Waals surface area contributed by atoms with Gasteiger partial charge >= 0.3 is 11.9 Å². The highest BCUT2D eigenvalue weighted by Gasteiger charge is 2.34. The third-order valence-corrected chi connectivity index (χ3v) is 7.72. The lowest BCUT2D eigenvalue weighted by Crippen LogP contribution is -2.59. The van der Waals surface area contributed by atoms with Crippen molar-refractivity contribution in [2.75, 3.05) is 32.8 Å². The summed E-state index contributed by atoms with van der Waals surface area (Å²) in [4.78, 5) is 56.2. The van der Waals surface area contributed by atoms with Gasteiger partial charge in [-0.1, -0.05) is 85.9 Å². The molecule has 0 spiro atoms. The monoisotopic (exact) mass is 712 g/mol. The molecule has 11 nitrogen and oxygen atoms in total. The molecule has 1 fully saturated rings. The fraction of sp³-hybridized carbons (Fsp3) is 0.545. The van der Waals surface area contributed by atoms with Crippen LogP contribution in [0.1, 0.15) is 58.9 Å². The summed E-state index contributed by atoms with van der Waals surface area (Å²) < 4.78 is 14.6. The highest BCUT2D eigenvalue weighted by atomic mass is 35.6. The van der Waals surface area contributed by atoms with Gasteiger partial charge in [-0.2, -0.15) is 0 Å². The Kier molecular flexibility index (Phi) is 14.3. The summed E-state index contributed by atoms with van der Waals surface area (Å²) in [5, 5.41) is 6.73. The number of halogens is 3. The zero-order valence-electron chi connectivity index (χ0n) is 27.4. The molecule has 0 saturated carbocycles. The predicted molar refractivity (Wildman–Crippen MR) is 182 cm³/mol. The Morgan fingerprint density at radius 2 is 1.81 bits per heavy atom. The van der Waals surface area contributed by atoms with Gasteiger partial charge in [0.1, 0.15) is 30.9 Å². The molecule has 0 aliphatic carbocycles. The summed E-state index contributed by atoms with van der Waals surface area (Å²) in [6.45, 7) is 11.1. The van der Waals surface area contributed by atoms with Crippen molar-refractivity contribution in [3.8, 4) is 0 Å². The van der Waals surface area contributed by atoms with Crippen LogP contribution in [0.4, 0.5) is 0 Å². The summed E-state index contributed by atoms with van der Waals surface area (Å²) in [6, 6.07) is 8.08. The van der Waals surface area contributed by atoms with Crippen LogP contribution in [-0.4, -0.2) is 88.5 Å². The highest BCUT2D eigenvalue weighted by molar-refractivity contribution is 6.67. The van der Waals surface area contributed by atoms with Crippen molar-refractivity contribution in [1.29, 1.82) is 0 Å². The van der Waals surface area contributed by atoms with Crippen LogP contribution in [-0.2, 0) is 33.4 Å². The molecule has 0 radical (unpaired) electrons. The minimum atomic E-state index is -1.74. The van der Waals surface area contributed by atoms with E-state index in [9.17, 15) is 19.2 Å². The molecule has 1 aromatic carbocycles. The van der Waals surface area contributed by atoms with Gasteiger partial charge in [0.15, 0.2) is 0 Å². The van der Waals surface area contributed by atoms with Crippen molar-refractivity contribution < 1.29 is 33.4 Å². The number of nitrogens with zero attached hydrogens (tertiary/aromatic N) is 2. The number of rotatable bonds is 13. The number of aromatic nitrogens is 1. The summed E-state index contributed by atoms with van der Waals surface area (Å²) in [7, 11) is 0. The fourth-order valence-electron chi connectivity index (χ4n) is 4.94. The van der Waals surface area contributed by atoms with Gasteiger partial charge in [-0.25, -0.2) is 4.98 Å². The molecule has 14 heteroatoms. The maximum Gasteiger partial charge on any atom is 0.325 e. The van der Waals surface area contributed by atoms with Gasteiger partial charge in [-0.05, 0) is 43.4 Å². The topological polar surface area (TPSA) is 136 Å². The smallest absolute Gasteiger partial charge is 0.325 e. The standard InChI is InChI=1S/C33H43Cl3N4O7/c1-19(2)29(30(42)38-21(4)31(43)40-14-13-37-28(16-40)32(44)46-18-33(34,35)36)45-17-20(3)7-8-24-9-10-25-11-12-26(39-27(25)15-24)22(5)47-23(6)41/h7-12,15,19-22,28-29,37H,13-14,16-18H2,1-6H3,(H,38,42)/b8-7+/t20?,21-,22+,28-,29-/m0/s1. The van der Waals surface area contributed by atoms with E-state index in [0.717, 1.165) is 16.5 Å². The predicted octanol–water partition coefficient (Wildman–Crippen LogP) is 4.77. The lowest BCUT2D eigenvalue weighted by Gasteiger charge is -2.34. The lowest BCUT2D eigenvalue weighted by atomic mass is 10.0. The second kappa shape index (κ2) is 17.4. The second-order valence-corrected chi connectivity index (χ2v) is 14.5. The first-order valence-corrected chi connectivity index (χ1v) is 16.6.